The van der Waals surface area contributed by atoms with E-state index < -0.39 is 0 Å². The normalized spacial score (nSPS) is 21.5. The second-order valence-corrected chi connectivity index (χ2v) is 5.03. The maximum atomic E-state index is 6.02. The van der Waals surface area contributed by atoms with Crippen LogP contribution in [0.5, 0.6) is 5.75 Å². The number of likely N-dealkylation sites (tertiary alicyclic amines) is 1. The Hall–Kier alpha value is -0.770. The van der Waals surface area contributed by atoms with Crippen molar-refractivity contribution in [3.63, 3.8) is 0 Å². The molecular weight excluding hydrogens is 236 g/mol. The number of rotatable bonds is 3. The fourth-order valence-corrected chi connectivity index (χ4v) is 2.54. The van der Waals surface area contributed by atoms with Crippen LogP contribution in [0.2, 0.25) is 5.02 Å². The van der Waals surface area contributed by atoms with E-state index >= 15 is 0 Å². The Morgan fingerprint density at radius 2 is 2.35 bits per heavy atom. The molecule has 0 spiro atoms. The van der Waals surface area contributed by atoms with E-state index in [1.807, 2.05) is 18.2 Å². The first kappa shape index (κ1) is 12.7. The van der Waals surface area contributed by atoms with Crippen LogP contribution in [-0.4, -0.2) is 31.1 Å². The summed E-state index contributed by atoms with van der Waals surface area (Å²) in [6, 6.07) is 6.04. The number of hydrogen-bond acceptors (Lipinski definition) is 3. The van der Waals surface area contributed by atoms with Crippen molar-refractivity contribution in [2.24, 2.45) is 5.73 Å². The van der Waals surface area contributed by atoms with Crippen LogP contribution in [0.15, 0.2) is 18.2 Å². The highest BCUT2D eigenvalue weighted by Crippen LogP contribution is 2.25. The van der Waals surface area contributed by atoms with Gasteiger partial charge in [0.1, 0.15) is 5.75 Å². The predicted molar refractivity (Wildman–Crippen MR) is 70.5 cm³/mol. The molecule has 0 aromatic heterocycles. The summed E-state index contributed by atoms with van der Waals surface area (Å²) in [6.07, 6.45) is 2.30. The monoisotopic (exact) mass is 254 g/mol. The highest BCUT2D eigenvalue weighted by molar-refractivity contribution is 6.30. The largest absolute Gasteiger partial charge is 0.496 e. The van der Waals surface area contributed by atoms with Gasteiger partial charge in [-0.05, 0) is 37.6 Å². The number of nitrogens with two attached hydrogens (primary N) is 1. The minimum absolute atomic E-state index is 0.300. The lowest BCUT2D eigenvalue weighted by Crippen LogP contribution is -2.42. The Bertz CT molecular complexity index is 384. The van der Waals surface area contributed by atoms with E-state index in [1.54, 1.807) is 7.11 Å². The van der Waals surface area contributed by atoms with Gasteiger partial charge in [0.2, 0.25) is 0 Å². The Kier molecular flexibility index (Phi) is 4.26. The summed E-state index contributed by atoms with van der Waals surface area (Å²) < 4.78 is 5.35. The lowest BCUT2D eigenvalue weighted by Gasteiger charge is -2.31. The van der Waals surface area contributed by atoms with Crippen LogP contribution >= 0.6 is 11.6 Å². The van der Waals surface area contributed by atoms with E-state index in [0.717, 1.165) is 42.4 Å². The van der Waals surface area contributed by atoms with E-state index in [1.165, 1.54) is 6.42 Å². The van der Waals surface area contributed by atoms with Crippen LogP contribution < -0.4 is 10.5 Å². The van der Waals surface area contributed by atoms with Crippen molar-refractivity contribution < 1.29 is 4.74 Å². The van der Waals surface area contributed by atoms with Crippen molar-refractivity contribution in [2.45, 2.75) is 25.4 Å². The molecule has 0 bridgehead atoms. The van der Waals surface area contributed by atoms with Gasteiger partial charge in [-0.3, -0.25) is 4.90 Å². The van der Waals surface area contributed by atoms with Gasteiger partial charge < -0.3 is 10.5 Å². The number of halogens is 1. The predicted octanol–water partition coefficient (Wildman–Crippen LogP) is 2.27. The first-order valence-corrected chi connectivity index (χ1v) is 6.37. The van der Waals surface area contributed by atoms with Gasteiger partial charge in [0.15, 0.2) is 0 Å². The third kappa shape index (κ3) is 3.35. The molecule has 1 aliphatic rings. The van der Waals surface area contributed by atoms with Gasteiger partial charge in [-0.1, -0.05) is 11.6 Å². The van der Waals surface area contributed by atoms with Crippen molar-refractivity contribution >= 4 is 11.6 Å². The highest BCUT2D eigenvalue weighted by Gasteiger charge is 2.18. The second-order valence-electron chi connectivity index (χ2n) is 4.59. The Morgan fingerprint density at radius 3 is 3.06 bits per heavy atom. The molecule has 1 fully saturated rings. The fourth-order valence-electron chi connectivity index (χ4n) is 2.35. The third-order valence-corrected chi connectivity index (χ3v) is 3.41. The molecule has 0 saturated carbocycles. The van der Waals surface area contributed by atoms with Gasteiger partial charge in [0.25, 0.3) is 0 Å². The first-order valence-electron chi connectivity index (χ1n) is 5.99. The molecule has 1 unspecified atom stereocenters. The lowest BCUT2D eigenvalue weighted by atomic mass is 10.1. The summed E-state index contributed by atoms with van der Waals surface area (Å²) in [5.74, 6) is 0.897. The van der Waals surface area contributed by atoms with Crippen LogP contribution in [-0.2, 0) is 6.54 Å². The highest BCUT2D eigenvalue weighted by atomic mass is 35.5. The first-order chi connectivity index (χ1) is 8.19. The summed E-state index contributed by atoms with van der Waals surface area (Å²) in [5, 5.41) is 0.752. The maximum absolute atomic E-state index is 6.02. The molecule has 3 nitrogen and oxygen atoms in total. The van der Waals surface area contributed by atoms with E-state index in [0.29, 0.717) is 6.04 Å². The number of piperidine rings is 1. The summed E-state index contributed by atoms with van der Waals surface area (Å²) in [4.78, 5) is 2.36. The van der Waals surface area contributed by atoms with Gasteiger partial charge in [-0.2, -0.15) is 0 Å². The zero-order valence-electron chi connectivity index (χ0n) is 10.2. The minimum Gasteiger partial charge on any atom is -0.496 e. The van der Waals surface area contributed by atoms with Gasteiger partial charge in [-0.15, -0.1) is 0 Å². The van der Waals surface area contributed by atoms with E-state index in [-0.39, 0.29) is 0 Å². The fraction of sp³-hybridized carbons (Fsp3) is 0.538. The molecule has 0 radical (unpaired) electrons. The smallest absolute Gasteiger partial charge is 0.123 e. The van der Waals surface area contributed by atoms with Crippen molar-refractivity contribution in [3.05, 3.63) is 28.8 Å². The molecule has 1 atom stereocenters. The van der Waals surface area contributed by atoms with Crippen molar-refractivity contribution in [3.8, 4) is 5.75 Å². The Morgan fingerprint density at radius 1 is 1.53 bits per heavy atom. The summed E-state index contributed by atoms with van der Waals surface area (Å²) >= 11 is 6.02. The Balaban J connectivity index is 2.08. The number of nitrogens with zero attached hydrogens (tertiary/aromatic N) is 1. The second kappa shape index (κ2) is 5.71. The SMILES string of the molecule is COc1ccc(Cl)cc1CN1CCCC(N)C1. The molecule has 94 valence electrons. The molecule has 2 rings (SSSR count). The quantitative estimate of drug-likeness (QED) is 0.899. The number of benzene rings is 1. The molecule has 2 N–H and O–H groups in total. The third-order valence-electron chi connectivity index (χ3n) is 3.18. The summed E-state index contributed by atoms with van der Waals surface area (Å²) in [6.45, 7) is 2.91. The average Bonchev–Trinajstić information content (AvgIpc) is 2.29. The van der Waals surface area contributed by atoms with E-state index in [9.17, 15) is 0 Å². The summed E-state index contributed by atoms with van der Waals surface area (Å²) in [5.41, 5.74) is 7.11. The van der Waals surface area contributed by atoms with Crippen molar-refractivity contribution in [1.29, 1.82) is 0 Å². The number of ether oxygens (including phenoxy) is 1. The Labute approximate surface area is 107 Å². The van der Waals surface area contributed by atoms with Gasteiger partial charge in [-0.25, -0.2) is 0 Å². The zero-order valence-corrected chi connectivity index (χ0v) is 10.9. The van der Waals surface area contributed by atoms with Crippen LogP contribution in [0.4, 0.5) is 0 Å². The molecule has 17 heavy (non-hydrogen) atoms. The van der Waals surface area contributed by atoms with E-state index in [4.69, 9.17) is 22.1 Å². The standard InChI is InChI=1S/C13H19ClN2O/c1-17-13-5-4-11(14)7-10(13)8-16-6-2-3-12(15)9-16/h4-5,7,12H,2-3,6,8-9,15H2,1H3. The van der Waals surface area contributed by atoms with Crippen molar-refractivity contribution in [2.75, 3.05) is 20.2 Å². The number of methoxy groups -OCH3 is 1. The average molecular weight is 255 g/mol. The molecule has 1 aromatic carbocycles. The van der Waals surface area contributed by atoms with Crippen LogP contribution in [0.3, 0.4) is 0 Å². The molecule has 0 aliphatic carbocycles. The topological polar surface area (TPSA) is 38.5 Å². The number of hydrogen-bond donors (Lipinski definition) is 1. The molecule has 1 saturated heterocycles. The zero-order chi connectivity index (χ0) is 12.3. The minimum atomic E-state index is 0.300. The lowest BCUT2D eigenvalue weighted by molar-refractivity contribution is 0.199. The molecule has 1 heterocycles. The van der Waals surface area contributed by atoms with Crippen LogP contribution in [0.1, 0.15) is 18.4 Å². The van der Waals surface area contributed by atoms with Crippen molar-refractivity contribution in [1.82, 2.24) is 4.90 Å². The maximum Gasteiger partial charge on any atom is 0.123 e. The molecule has 4 heteroatoms. The molecule has 1 aliphatic heterocycles. The van der Waals surface area contributed by atoms with Gasteiger partial charge >= 0.3 is 0 Å². The van der Waals surface area contributed by atoms with Gasteiger partial charge in [0, 0.05) is 29.7 Å². The molecular formula is C13H19ClN2O. The molecule has 1 aromatic rings. The van der Waals surface area contributed by atoms with E-state index in [2.05, 4.69) is 4.90 Å². The van der Waals surface area contributed by atoms with Crippen LogP contribution in [0, 0.1) is 0 Å². The summed E-state index contributed by atoms with van der Waals surface area (Å²) in [7, 11) is 1.69. The van der Waals surface area contributed by atoms with Crippen LogP contribution in [0.25, 0.3) is 0 Å². The molecule has 0 amide bonds. The van der Waals surface area contributed by atoms with Gasteiger partial charge in [0.05, 0.1) is 7.11 Å².